The molecule has 0 aliphatic carbocycles. The van der Waals surface area contributed by atoms with Crippen molar-refractivity contribution in [1.29, 1.82) is 0 Å². The number of carbonyl (C=O) groups is 6. The van der Waals surface area contributed by atoms with Gasteiger partial charge < -0.3 is 36.8 Å². The van der Waals surface area contributed by atoms with E-state index in [1.54, 1.807) is 0 Å². The van der Waals surface area contributed by atoms with E-state index in [1.807, 2.05) is 0 Å². The second-order valence-electron chi connectivity index (χ2n) is 7.99. The molecule has 4 atom stereocenters. The molecule has 13 nitrogen and oxygen atoms in total. The van der Waals surface area contributed by atoms with Gasteiger partial charge in [-0.05, 0) is 32.1 Å². The summed E-state index contributed by atoms with van der Waals surface area (Å²) in [4.78, 5) is 74.5. The first kappa shape index (κ1) is 25.0. The average molecular weight is 455 g/mol. The van der Waals surface area contributed by atoms with Crippen LogP contribution in [0.4, 0.5) is 0 Å². The summed E-state index contributed by atoms with van der Waals surface area (Å²) in [6.07, 6.45) is 0.559. The van der Waals surface area contributed by atoms with E-state index in [2.05, 4.69) is 5.32 Å². The maximum absolute atomic E-state index is 13.2. The number of amides is 4. The Kier molecular flexibility index (Phi) is 8.52. The fourth-order valence-electron chi connectivity index (χ4n) is 4.08. The molecule has 2 rings (SSSR count). The number of nitrogens with one attached hydrogen (secondary N) is 1. The summed E-state index contributed by atoms with van der Waals surface area (Å²) in [5.41, 5.74) is 10.6. The molecule has 13 heteroatoms. The summed E-state index contributed by atoms with van der Waals surface area (Å²) in [6.45, 7) is 0.475. The van der Waals surface area contributed by atoms with Gasteiger partial charge in [0, 0.05) is 19.5 Å². The number of carboxylic acids is 2. The van der Waals surface area contributed by atoms with Crippen LogP contribution in [0.2, 0.25) is 0 Å². The summed E-state index contributed by atoms with van der Waals surface area (Å²) in [5.74, 6) is -5.09. The first-order chi connectivity index (χ1) is 15.0. The van der Waals surface area contributed by atoms with Gasteiger partial charge in [0.05, 0.1) is 12.5 Å². The number of carbonyl (C=O) groups excluding carboxylic acids is 4. The molecule has 0 aromatic rings. The fraction of sp³-hybridized carbons (Fsp3) is 0.684. The third-order valence-electron chi connectivity index (χ3n) is 5.66. The molecule has 2 heterocycles. The lowest BCUT2D eigenvalue weighted by atomic mass is 10.1. The van der Waals surface area contributed by atoms with Gasteiger partial charge in [0.25, 0.3) is 0 Å². The standard InChI is InChI=1S/C19H29N5O8/c20-10(9-14(21)25)16(28)22-11(5-6-15(26)27)17(29)23-7-1-3-12(23)18(30)24-8-2-4-13(24)19(31)32/h10-13H,1-9,20H2,(H2,21,25)(H,22,28)(H,26,27)(H,31,32). The Balaban J connectivity index is 2.16. The molecule has 4 unspecified atom stereocenters. The summed E-state index contributed by atoms with van der Waals surface area (Å²) < 4.78 is 0. The number of hydrogen-bond donors (Lipinski definition) is 5. The smallest absolute Gasteiger partial charge is 0.326 e. The third kappa shape index (κ3) is 6.15. The van der Waals surface area contributed by atoms with Crippen molar-refractivity contribution in [3.8, 4) is 0 Å². The molecule has 0 aromatic carbocycles. The molecule has 0 aromatic heterocycles. The van der Waals surface area contributed by atoms with Crippen LogP contribution in [0.3, 0.4) is 0 Å². The Bertz CT molecular complexity index is 788. The molecule has 2 saturated heterocycles. The Morgan fingerprint density at radius 2 is 1.56 bits per heavy atom. The number of rotatable bonds is 10. The minimum absolute atomic E-state index is 0.202. The fourth-order valence-corrected chi connectivity index (χ4v) is 4.08. The lowest BCUT2D eigenvalue weighted by Gasteiger charge is -2.32. The Labute approximate surface area is 184 Å². The molecular formula is C19H29N5O8. The van der Waals surface area contributed by atoms with Crippen LogP contribution < -0.4 is 16.8 Å². The molecule has 0 bridgehead atoms. The number of primary amides is 1. The molecule has 7 N–H and O–H groups in total. The highest BCUT2D eigenvalue weighted by molar-refractivity contribution is 5.95. The van der Waals surface area contributed by atoms with Crippen molar-refractivity contribution in [2.45, 2.75) is 69.1 Å². The third-order valence-corrected chi connectivity index (χ3v) is 5.66. The van der Waals surface area contributed by atoms with Crippen molar-refractivity contribution in [2.24, 2.45) is 11.5 Å². The van der Waals surface area contributed by atoms with Crippen LogP contribution in [-0.4, -0.2) is 92.8 Å². The van der Waals surface area contributed by atoms with Crippen LogP contribution in [0, 0.1) is 0 Å². The first-order valence-electron chi connectivity index (χ1n) is 10.4. The van der Waals surface area contributed by atoms with Crippen LogP contribution in [0.5, 0.6) is 0 Å². The number of nitrogens with zero attached hydrogens (tertiary/aromatic N) is 2. The Hall–Kier alpha value is -3.22. The van der Waals surface area contributed by atoms with E-state index in [9.17, 15) is 33.9 Å². The number of nitrogens with two attached hydrogens (primary N) is 2. The second-order valence-corrected chi connectivity index (χ2v) is 7.99. The normalized spacial score (nSPS) is 22.3. The largest absolute Gasteiger partial charge is 0.481 e. The van der Waals surface area contributed by atoms with Gasteiger partial charge >= 0.3 is 11.9 Å². The van der Waals surface area contributed by atoms with Gasteiger partial charge in [-0.15, -0.1) is 0 Å². The van der Waals surface area contributed by atoms with E-state index < -0.39 is 72.6 Å². The molecule has 0 saturated carbocycles. The van der Waals surface area contributed by atoms with Crippen molar-refractivity contribution in [2.75, 3.05) is 13.1 Å². The van der Waals surface area contributed by atoms with Gasteiger partial charge in [0.15, 0.2) is 0 Å². The minimum Gasteiger partial charge on any atom is -0.481 e. The van der Waals surface area contributed by atoms with Crippen LogP contribution in [0.1, 0.15) is 44.9 Å². The second kappa shape index (κ2) is 10.9. The van der Waals surface area contributed by atoms with Crippen molar-refractivity contribution in [3.63, 3.8) is 0 Å². The molecule has 2 aliphatic rings. The van der Waals surface area contributed by atoms with Crippen molar-refractivity contribution >= 4 is 35.6 Å². The van der Waals surface area contributed by atoms with E-state index in [-0.39, 0.29) is 19.5 Å². The van der Waals surface area contributed by atoms with Crippen LogP contribution in [0.25, 0.3) is 0 Å². The van der Waals surface area contributed by atoms with Crippen molar-refractivity contribution in [3.05, 3.63) is 0 Å². The predicted octanol–water partition coefficient (Wildman–Crippen LogP) is -2.39. The molecule has 0 radical (unpaired) electrons. The van der Waals surface area contributed by atoms with Crippen molar-refractivity contribution in [1.82, 2.24) is 15.1 Å². The lowest BCUT2D eigenvalue weighted by Crippen LogP contribution is -2.57. The molecule has 2 aliphatic heterocycles. The molecular weight excluding hydrogens is 426 g/mol. The lowest BCUT2D eigenvalue weighted by molar-refractivity contribution is -0.152. The zero-order valence-electron chi connectivity index (χ0n) is 17.6. The molecule has 178 valence electrons. The summed E-state index contributed by atoms with van der Waals surface area (Å²) in [7, 11) is 0. The zero-order chi connectivity index (χ0) is 24.0. The highest BCUT2D eigenvalue weighted by atomic mass is 16.4. The molecule has 2 fully saturated rings. The monoisotopic (exact) mass is 455 g/mol. The highest BCUT2D eigenvalue weighted by Crippen LogP contribution is 2.26. The molecule has 32 heavy (non-hydrogen) atoms. The maximum Gasteiger partial charge on any atom is 0.326 e. The zero-order valence-corrected chi connectivity index (χ0v) is 17.6. The quantitative estimate of drug-likeness (QED) is 0.237. The first-order valence-corrected chi connectivity index (χ1v) is 10.4. The number of carboxylic acid groups (broad SMARTS) is 2. The predicted molar refractivity (Wildman–Crippen MR) is 108 cm³/mol. The van der Waals surface area contributed by atoms with Crippen LogP contribution in [0.15, 0.2) is 0 Å². The SMILES string of the molecule is NC(=O)CC(N)C(=O)NC(CCC(=O)O)C(=O)N1CCCC1C(=O)N1CCCC1C(=O)O. The summed E-state index contributed by atoms with van der Waals surface area (Å²) >= 11 is 0. The number of likely N-dealkylation sites (tertiary alicyclic amines) is 2. The van der Waals surface area contributed by atoms with Gasteiger partial charge in [-0.1, -0.05) is 0 Å². The van der Waals surface area contributed by atoms with Gasteiger partial charge in [-0.25, -0.2) is 4.79 Å². The minimum atomic E-state index is -1.32. The Morgan fingerprint density at radius 1 is 0.969 bits per heavy atom. The topological polar surface area (TPSA) is 213 Å². The van der Waals surface area contributed by atoms with Gasteiger partial charge in [0.2, 0.25) is 23.6 Å². The van der Waals surface area contributed by atoms with Gasteiger partial charge in [-0.3, -0.25) is 24.0 Å². The molecule has 0 spiro atoms. The average Bonchev–Trinajstić information content (AvgIpc) is 3.38. The summed E-state index contributed by atoms with van der Waals surface area (Å²) in [6, 6.07) is -4.44. The van der Waals surface area contributed by atoms with E-state index >= 15 is 0 Å². The van der Waals surface area contributed by atoms with Crippen LogP contribution >= 0.6 is 0 Å². The van der Waals surface area contributed by atoms with E-state index in [4.69, 9.17) is 16.6 Å². The molecule has 4 amide bonds. The van der Waals surface area contributed by atoms with Gasteiger partial charge in [-0.2, -0.15) is 0 Å². The van der Waals surface area contributed by atoms with Crippen LogP contribution in [-0.2, 0) is 28.8 Å². The van der Waals surface area contributed by atoms with E-state index in [0.717, 1.165) is 0 Å². The number of hydrogen-bond acceptors (Lipinski definition) is 7. The van der Waals surface area contributed by atoms with E-state index in [0.29, 0.717) is 25.7 Å². The maximum atomic E-state index is 13.2. The Morgan fingerprint density at radius 3 is 2.12 bits per heavy atom. The van der Waals surface area contributed by atoms with Gasteiger partial charge in [0.1, 0.15) is 18.1 Å². The van der Waals surface area contributed by atoms with Crippen molar-refractivity contribution < 1.29 is 39.0 Å². The number of aliphatic carboxylic acids is 2. The summed E-state index contributed by atoms with van der Waals surface area (Å²) in [5, 5.41) is 20.7. The van der Waals surface area contributed by atoms with E-state index in [1.165, 1.54) is 9.80 Å². The highest BCUT2D eigenvalue weighted by Gasteiger charge is 2.43.